The molecule has 0 saturated heterocycles. The minimum Gasteiger partial charge on any atom is -0.366 e. The topological polar surface area (TPSA) is 92.4 Å². The fourth-order valence-corrected chi connectivity index (χ4v) is 6.25. The smallest absolute Gasteiger partial charge is 0.224 e. The van der Waals surface area contributed by atoms with Gasteiger partial charge in [0, 0.05) is 29.2 Å². The molecule has 0 amide bonds. The minimum atomic E-state index is -3.77. The first-order valence-corrected chi connectivity index (χ1v) is 12.2. The molecule has 2 N–H and O–H groups in total. The summed E-state index contributed by atoms with van der Waals surface area (Å²) in [5.74, 6) is 0. The van der Waals surface area contributed by atoms with Crippen molar-refractivity contribution in [2.24, 2.45) is 0 Å². The standard InChI is InChI=1S/C25H24N2O4S/c28-25(29)23-14-6-13-22-20(19-11-4-5-12-21(19)27(22)23)16-17-8-7-15-26-24(17)32(30,31)18-9-2-1-3-10-18/h1-5,7-12,15,23,25,28-29H,6,13-14,16H2. The SMILES string of the molecule is O=S(=O)(c1ccccc1)c1ncccc1Cc1c2n(c3ccccc13)C(C(O)O)CCC2. The van der Waals surface area contributed by atoms with Gasteiger partial charge in [-0.05, 0) is 54.7 Å². The molecule has 1 aliphatic heterocycles. The van der Waals surface area contributed by atoms with E-state index in [0.29, 0.717) is 18.4 Å². The highest BCUT2D eigenvalue weighted by atomic mass is 32.2. The fourth-order valence-electron chi connectivity index (χ4n) is 4.83. The van der Waals surface area contributed by atoms with Crippen LogP contribution >= 0.6 is 0 Å². The Morgan fingerprint density at radius 2 is 1.75 bits per heavy atom. The molecule has 0 fully saturated rings. The van der Waals surface area contributed by atoms with E-state index in [0.717, 1.165) is 35.0 Å². The Morgan fingerprint density at radius 1 is 1.00 bits per heavy atom. The van der Waals surface area contributed by atoms with E-state index < -0.39 is 22.2 Å². The third kappa shape index (κ3) is 3.43. The number of fused-ring (bicyclic) bond motifs is 3. The Balaban J connectivity index is 1.67. The van der Waals surface area contributed by atoms with Gasteiger partial charge in [-0.25, -0.2) is 13.4 Å². The number of aliphatic hydroxyl groups is 2. The van der Waals surface area contributed by atoms with Gasteiger partial charge in [0.1, 0.15) is 0 Å². The Hall–Kier alpha value is -3.00. The van der Waals surface area contributed by atoms with Crippen molar-refractivity contribution in [2.45, 2.75) is 47.9 Å². The lowest BCUT2D eigenvalue weighted by atomic mass is 9.97. The zero-order valence-corrected chi connectivity index (χ0v) is 18.2. The summed E-state index contributed by atoms with van der Waals surface area (Å²) in [5.41, 5.74) is 3.61. The van der Waals surface area contributed by atoms with Crippen LogP contribution in [0.2, 0.25) is 0 Å². The quantitative estimate of drug-likeness (QED) is 0.455. The first-order valence-electron chi connectivity index (χ1n) is 10.7. The van der Waals surface area contributed by atoms with Crippen molar-refractivity contribution >= 4 is 20.7 Å². The van der Waals surface area contributed by atoms with E-state index in [2.05, 4.69) is 4.98 Å². The summed E-state index contributed by atoms with van der Waals surface area (Å²) in [4.78, 5) is 4.48. The second-order valence-corrected chi connectivity index (χ2v) is 10.0. The monoisotopic (exact) mass is 448 g/mol. The van der Waals surface area contributed by atoms with Gasteiger partial charge in [0.25, 0.3) is 0 Å². The molecule has 7 heteroatoms. The van der Waals surface area contributed by atoms with Crippen LogP contribution in [0, 0.1) is 0 Å². The van der Waals surface area contributed by atoms with E-state index in [1.165, 1.54) is 6.20 Å². The zero-order valence-electron chi connectivity index (χ0n) is 17.4. The Bertz CT molecular complexity index is 1380. The molecule has 1 atom stereocenters. The third-order valence-electron chi connectivity index (χ3n) is 6.24. The number of hydrogen-bond acceptors (Lipinski definition) is 5. The first kappa shape index (κ1) is 20.9. The molecule has 1 aliphatic rings. The fraction of sp³-hybridized carbons (Fsp3) is 0.240. The molecule has 1 unspecified atom stereocenters. The number of sulfone groups is 1. The van der Waals surface area contributed by atoms with Crippen LogP contribution in [0.3, 0.4) is 0 Å². The number of aromatic nitrogens is 2. The van der Waals surface area contributed by atoms with Gasteiger partial charge in [-0.3, -0.25) is 0 Å². The molecule has 6 nitrogen and oxygen atoms in total. The number of para-hydroxylation sites is 1. The number of pyridine rings is 1. The van der Waals surface area contributed by atoms with E-state index in [-0.39, 0.29) is 9.92 Å². The maximum absolute atomic E-state index is 13.3. The molecule has 3 heterocycles. The van der Waals surface area contributed by atoms with Gasteiger partial charge in [-0.15, -0.1) is 0 Å². The van der Waals surface area contributed by atoms with E-state index in [9.17, 15) is 18.6 Å². The van der Waals surface area contributed by atoms with Gasteiger partial charge >= 0.3 is 0 Å². The molecule has 32 heavy (non-hydrogen) atoms. The van der Waals surface area contributed by atoms with E-state index in [1.54, 1.807) is 36.4 Å². The average molecular weight is 449 g/mol. The number of hydrogen-bond donors (Lipinski definition) is 2. The van der Waals surface area contributed by atoms with E-state index in [4.69, 9.17) is 0 Å². The highest BCUT2D eigenvalue weighted by Crippen LogP contribution is 2.38. The van der Waals surface area contributed by atoms with Gasteiger partial charge < -0.3 is 14.8 Å². The third-order valence-corrected chi connectivity index (χ3v) is 8.01. The first-order chi connectivity index (χ1) is 15.5. The Morgan fingerprint density at radius 3 is 2.53 bits per heavy atom. The highest BCUT2D eigenvalue weighted by Gasteiger charge is 2.31. The number of aliphatic hydroxyl groups excluding tert-OH is 1. The lowest BCUT2D eigenvalue weighted by Crippen LogP contribution is -2.28. The maximum atomic E-state index is 13.3. The zero-order chi connectivity index (χ0) is 22.3. The summed E-state index contributed by atoms with van der Waals surface area (Å²) < 4.78 is 28.7. The number of nitrogens with zero attached hydrogens (tertiary/aromatic N) is 2. The Labute approximate surface area is 186 Å². The second-order valence-electron chi connectivity index (χ2n) is 8.15. The van der Waals surface area contributed by atoms with Crippen LogP contribution in [0.25, 0.3) is 10.9 Å². The van der Waals surface area contributed by atoms with Gasteiger partial charge in [0.05, 0.1) is 10.9 Å². The van der Waals surface area contributed by atoms with E-state index >= 15 is 0 Å². The molecule has 4 aromatic rings. The summed E-state index contributed by atoms with van der Waals surface area (Å²) in [5, 5.41) is 21.1. The number of benzene rings is 2. The van der Waals surface area contributed by atoms with Crippen LogP contribution in [0.1, 0.15) is 35.7 Å². The Kier molecular flexibility index (Phi) is 5.33. The molecule has 0 spiro atoms. The molecule has 0 bridgehead atoms. The van der Waals surface area contributed by atoms with E-state index in [1.807, 2.05) is 34.9 Å². The molecule has 2 aromatic heterocycles. The van der Waals surface area contributed by atoms with Gasteiger partial charge in [-0.2, -0.15) is 0 Å². The molecule has 2 aromatic carbocycles. The van der Waals surface area contributed by atoms with Gasteiger partial charge in [0.2, 0.25) is 9.84 Å². The predicted molar refractivity (Wildman–Crippen MR) is 121 cm³/mol. The summed E-state index contributed by atoms with van der Waals surface area (Å²) >= 11 is 0. The molecule has 0 radical (unpaired) electrons. The van der Waals surface area contributed by atoms with Crippen molar-refractivity contribution in [1.82, 2.24) is 9.55 Å². The van der Waals surface area contributed by atoms with Crippen molar-refractivity contribution < 1.29 is 18.6 Å². The van der Waals surface area contributed by atoms with Crippen molar-refractivity contribution in [1.29, 1.82) is 0 Å². The highest BCUT2D eigenvalue weighted by molar-refractivity contribution is 7.91. The molecular formula is C25H24N2O4S. The lowest BCUT2D eigenvalue weighted by Gasteiger charge is -2.29. The second kappa shape index (κ2) is 8.16. The van der Waals surface area contributed by atoms with Crippen molar-refractivity contribution in [3.8, 4) is 0 Å². The van der Waals surface area contributed by atoms with Crippen molar-refractivity contribution in [2.75, 3.05) is 0 Å². The molecule has 164 valence electrons. The van der Waals surface area contributed by atoms with Crippen LogP contribution in [-0.2, 0) is 22.7 Å². The van der Waals surface area contributed by atoms with Crippen LogP contribution in [0.4, 0.5) is 0 Å². The summed E-state index contributed by atoms with van der Waals surface area (Å²) in [6.45, 7) is 0. The maximum Gasteiger partial charge on any atom is 0.224 e. The molecule has 0 aliphatic carbocycles. The summed E-state index contributed by atoms with van der Waals surface area (Å²) in [6, 6.07) is 19.4. The van der Waals surface area contributed by atoms with Crippen LogP contribution < -0.4 is 0 Å². The lowest BCUT2D eigenvalue weighted by molar-refractivity contribution is -0.0821. The van der Waals surface area contributed by atoms with Crippen LogP contribution in [0.5, 0.6) is 0 Å². The predicted octanol–water partition coefficient (Wildman–Crippen LogP) is 3.65. The molecular weight excluding hydrogens is 424 g/mol. The van der Waals surface area contributed by atoms with Gasteiger partial charge in [-0.1, -0.05) is 42.5 Å². The van der Waals surface area contributed by atoms with Crippen molar-refractivity contribution in [3.63, 3.8) is 0 Å². The number of rotatable bonds is 5. The normalized spacial score (nSPS) is 16.4. The molecule has 0 saturated carbocycles. The summed E-state index contributed by atoms with van der Waals surface area (Å²) in [6.07, 6.45) is 2.77. The molecule has 5 rings (SSSR count). The average Bonchev–Trinajstić information content (AvgIpc) is 3.14. The van der Waals surface area contributed by atoms with Crippen molar-refractivity contribution in [3.05, 3.63) is 89.7 Å². The van der Waals surface area contributed by atoms with Gasteiger partial charge in [0.15, 0.2) is 11.3 Å². The summed E-state index contributed by atoms with van der Waals surface area (Å²) in [7, 11) is -3.77. The minimum absolute atomic E-state index is 0.0600. The van der Waals surface area contributed by atoms with Crippen LogP contribution in [-0.4, -0.2) is 34.5 Å². The van der Waals surface area contributed by atoms with Crippen LogP contribution in [0.15, 0.2) is 82.8 Å². The largest absolute Gasteiger partial charge is 0.366 e.